The standard InChI is InChI=1S/C17H24N4O5S/c1-27-17-15(24)13(14(23)12(9-22)26-17)21-8-11(19-20-21)16(25)18-7-10-5-3-2-4-6-10/h2-6,8,12-15,17,19-20,22-24H,7,9H2,1H3,(H,18,25)/t12?,13?,14-,15-,17-/m0/s1. The van der Waals surface area contributed by atoms with Crippen LogP contribution in [-0.4, -0.2) is 68.9 Å². The van der Waals surface area contributed by atoms with Crippen LogP contribution < -0.4 is 16.3 Å². The molecule has 5 atom stereocenters. The Morgan fingerprint density at radius 1 is 1.30 bits per heavy atom. The van der Waals surface area contributed by atoms with Gasteiger partial charge in [-0.15, -0.1) is 17.3 Å². The summed E-state index contributed by atoms with van der Waals surface area (Å²) in [4.78, 5) is 12.3. The molecule has 27 heavy (non-hydrogen) atoms. The largest absolute Gasteiger partial charge is 0.394 e. The molecule has 0 bridgehead atoms. The molecule has 0 aromatic heterocycles. The number of aliphatic hydroxyl groups is 3. The summed E-state index contributed by atoms with van der Waals surface area (Å²) in [6.07, 6.45) is 0.238. The van der Waals surface area contributed by atoms with Crippen LogP contribution in [-0.2, 0) is 16.1 Å². The lowest BCUT2D eigenvalue weighted by Crippen LogP contribution is -2.65. The third-order valence-electron chi connectivity index (χ3n) is 4.53. The van der Waals surface area contributed by atoms with Crippen LogP contribution in [0.4, 0.5) is 0 Å². The number of hydrogen-bond acceptors (Lipinski definition) is 9. The quantitative estimate of drug-likeness (QED) is 0.346. The van der Waals surface area contributed by atoms with Crippen molar-refractivity contribution < 1.29 is 24.9 Å². The van der Waals surface area contributed by atoms with Crippen molar-refractivity contribution >= 4 is 17.7 Å². The third kappa shape index (κ3) is 4.37. The van der Waals surface area contributed by atoms with Crippen LogP contribution in [0.2, 0.25) is 0 Å². The molecule has 1 aromatic carbocycles. The zero-order chi connectivity index (χ0) is 19.4. The molecule has 9 nitrogen and oxygen atoms in total. The predicted molar refractivity (Wildman–Crippen MR) is 99.5 cm³/mol. The maximum Gasteiger partial charge on any atom is 0.270 e. The summed E-state index contributed by atoms with van der Waals surface area (Å²) in [6, 6.07) is 8.71. The second-order valence-corrected chi connectivity index (χ2v) is 7.22. The number of hydrazine groups is 2. The van der Waals surface area contributed by atoms with E-state index >= 15 is 0 Å². The Labute approximate surface area is 161 Å². The van der Waals surface area contributed by atoms with Crippen molar-refractivity contribution in [3.63, 3.8) is 0 Å². The Bertz CT molecular complexity index is 661. The highest BCUT2D eigenvalue weighted by Gasteiger charge is 2.47. The lowest BCUT2D eigenvalue weighted by Gasteiger charge is -2.44. The van der Waals surface area contributed by atoms with E-state index in [1.54, 1.807) is 6.26 Å². The molecule has 0 spiro atoms. The normalized spacial score (nSPS) is 30.6. The Morgan fingerprint density at radius 2 is 2.04 bits per heavy atom. The summed E-state index contributed by atoms with van der Waals surface area (Å²) in [5.74, 6) is -0.329. The van der Waals surface area contributed by atoms with Crippen molar-refractivity contribution in [2.24, 2.45) is 0 Å². The van der Waals surface area contributed by atoms with Crippen LogP contribution in [0.3, 0.4) is 0 Å². The van der Waals surface area contributed by atoms with E-state index in [2.05, 4.69) is 16.3 Å². The zero-order valence-electron chi connectivity index (χ0n) is 14.8. The fourth-order valence-electron chi connectivity index (χ4n) is 3.07. The third-order valence-corrected chi connectivity index (χ3v) is 5.38. The van der Waals surface area contributed by atoms with Crippen LogP contribution >= 0.6 is 11.8 Å². The number of carbonyl (C=O) groups excluding carboxylic acids is 1. The summed E-state index contributed by atoms with van der Waals surface area (Å²) >= 11 is 1.28. The van der Waals surface area contributed by atoms with E-state index in [9.17, 15) is 20.1 Å². The highest BCUT2D eigenvalue weighted by Crippen LogP contribution is 2.30. The van der Waals surface area contributed by atoms with Crippen molar-refractivity contribution in [2.75, 3.05) is 12.9 Å². The van der Waals surface area contributed by atoms with E-state index in [1.807, 2.05) is 30.3 Å². The Hall–Kier alpha value is -1.82. The number of thioether (sulfide) groups is 1. The lowest BCUT2D eigenvalue weighted by molar-refractivity contribution is -0.188. The molecule has 10 heteroatoms. The Kier molecular flexibility index (Phi) is 6.58. The molecule has 2 aliphatic heterocycles. The number of nitrogens with one attached hydrogen (secondary N) is 3. The van der Waals surface area contributed by atoms with Gasteiger partial charge in [0, 0.05) is 12.7 Å². The van der Waals surface area contributed by atoms with Gasteiger partial charge in [-0.05, 0) is 11.8 Å². The Morgan fingerprint density at radius 3 is 2.70 bits per heavy atom. The predicted octanol–water partition coefficient (Wildman–Crippen LogP) is -1.36. The molecule has 6 N–H and O–H groups in total. The second kappa shape index (κ2) is 8.91. The molecule has 1 amide bonds. The number of hydrogen-bond donors (Lipinski definition) is 6. The van der Waals surface area contributed by atoms with Crippen molar-refractivity contribution in [2.45, 2.75) is 36.3 Å². The average Bonchev–Trinajstić information content (AvgIpc) is 3.17. The van der Waals surface area contributed by atoms with E-state index in [0.717, 1.165) is 5.56 Å². The highest BCUT2D eigenvalue weighted by atomic mass is 32.2. The molecule has 2 heterocycles. The van der Waals surface area contributed by atoms with E-state index in [4.69, 9.17) is 4.74 Å². The number of nitrogens with zero attached hydrogens (tertiary/aromatic N) is 1. The molecule has 1 saturated heterocycles. The van der Waals surface area contributed by atoms with Crippen LogP contribution in [0.15, 0.2) is 42.2 Å². The molecule has 0 aliphatic carbocycles. The first-order chi connectivity index (χ1) is 13.0. The number of aliphatic hydroxyl groups excluding tert-OH is 3. The molecule has 0 saturated carbocycles. The van der Waals surface area contributed by atoms with Crippen LogP contribution in [0, 0.1) is 0 Å². The van der Waals surface area contributed by atoms with E-state index in [1.165, 1.54) is 23.0 Å². The molecule has 2 aliphatic rings. The van der Waals surface area contributed by atoms with Crippen LogP contribution in [0.5, 0.6) is 0 Å². The SMILES string of the molecule is CS[C@@H]1OC(CO)[C@H](O)C(N2C=C(C(=O)NCc3ccccc3)NN2)[C@@H]1O. The number of ether oxygens (including phenoxy) is 1. The second-order valence-electron chi connectivity index (χ2n) is 6.29. The molecular formula is C17H24N4O5S. The van der Waals surface area contributed by atoms with Gasteiger partial charge < -0.3 is 25.4 Å². The van der Waals surface area contributed by atoms with E-state index in [0.29, 0.717) is 6.54 Å². The maximum absolute atomic E-state index is 12.3. The summed E-state index contributed by atoms with van der Waals surface area (Å²) in [5, 5.41) is 34.6. The van der Waals surface area contributed by atoms with Crippen molar-refractivity contribution in [3.05, 3.63) is 47.8 Å². The lowest BCUT2D eigenvalue weighted by atomic mass is 9.97. The summed E-state index contributed by atoms with van der Waals surface area (Å²) in [6.45, 7) is -0.000798. The van der Waals surface area contributed by atoms with Gasteiger partial charge in [0.15, 0.2) is 0 Å². The minimum atomic E-state index is -1.15. The van der Waals surface area contributed by atoms with Crippen LogP contribution in [0.1, 0.15) is 5.56 Å². The van der Waals surface area contributed by atoms with Gasteiger partial charge in [-0.1, -0.05) is 30.3 Å². The number of amides is 1. The molecule has 148 valence electrons. The fraction of sp³-hybridized carbons (Fsp3) is 0.471. The molecule has 1 fully saturated rings. The van der Waals surface area contributed by atoms with Gasteiger partial charge in [-0.2, -0.15) is 0 Å². The average molecular weight is 396 g/mol. The summed E-state index contributed by atoms with van der Waals surface area (Å²) < 4.78 is 5.50. The first-order valence-corrected chi connectivity index (χ1v) is 9.83. The summed E-state index contributed by atoms with van der Waals surface area (Å²) in [7, 11) is 0. The smallest absolute Gasteiger partial charge is 0.270 e. The number of carbonyl (C=O) groups is 1. The molecular weight excluding hydrogens is 372 g/mol. The Balaban J connectivity index is 1.66. The van der Waals surface area contributed by atoms with Crippen LogP contribution in [0.25, 0.3) is 0 Å². The monoisotopic (exact) mass is 396 g/mol. The highest BCUT2D eigenvalue weighted by molar-refractivity contribution is 7.99. The molecule has 2 unspecified atom stereocenters. The molecule has 1 aromatic rings. The first kappa shape index (κ1) is 19.9. The van der Waals surface area contributed by atoms with Crippen molar-refractivity contribution in [1.82, 2.24) is 21.3 Å². The van der Waals surface area contributed by atoms with E-state index in [-0.39, 0.29) is 18.2 Å². The first-order valence-electron chi connectivity index (χ1n) is 8.54. The number of rotatable bonds is 6. The molecule has 0 radical (unpaired) electrons. The maximum atomic E-state index is 12.3. The van der Waals surface area contributed by atoms with Gasteiger partial charge in [-0.3, -0.25) is 15.2 Å². The van der Waals surface area contributed by atoms with Gasteiger partial charge >= 0.3 is 0 Å². The van der Waals surface area contributed by atoms with E-state index < -0.39 is 29.8 Å². The fourth-order valence-corrected chi connectivity index (χ4v) is 3.76. The minimum Gasteiger partial charge on any atom is -0.394 e. The van der Waals surface area contributed by atoms with Gasteiger partial charge in [0.05, 0.1) is 6.61 Å². The van der Waals surface area contributed by atoms with Gasteiger partial charge in [0.25, 0.3) is 5.91 Å². The van der Waals surface area contributed by atoms with Crippen molar-refractivity contribution in [3.8, 4) is 0 Å². The topological polar surface area (TPSA) is 126 Å². The van der Waals surface area contributed by atoms with Crippen molar-refractivity contribution in [1.29, 1.82) is 0 Å². The van der Waals surface area contributed by atoms with Gasteiger partial charge in [-0.25, -0.2) is 0 Å². The molecule has 3 rings (SSSR count). The number of benzene rings is 1. The zero-order valence-corrected chi connectivity index (χ0v) is 15.6. The van der Waals surface area contributed by atoms with Gasteiger partial charge in [0.2, 0.25) is 0 Å². The summed E-state index contributed by atoms with van der Waals surface area (Å²) in [5.41, 5.74) is 6.12. The minimum absolute atomic E-state index is 0.248. The van der Waals surface area contributed by atoms with Gasteiger partial charge in [0.1, 0.15) is 35.5 Å².